The number of aryl methyl sites for hydroxylation is 2. The van der Waals surface area contributed by atoms with E-state index in [-0.39, 0.29) is 20.1 Å². The third-order valence-corrected chi connectivity index (χ3v) is 8.36. The van der Waals surface area contributed by atoms with E-state index in [0.29, 0.717) is 5.92 Å². The second-order valence-corrected chi connectivity index (χ2v) is 12.5. The van der Waals surface area contributed by atoms with Crippen molar-refractivity contribution < 1.29 is 24.7 Å². The summed E-state index contributed by atoms with van der Waals surface area (Å²) in [4.78, 5) is 8.96. The topological polar surface area (TPSA) is 34.6 Å². The van der Waals surface area contributed by atoms with Crippen molar-refractivity contribution in [1.29, 1.82) is 0 Å². The van der Waals surface area contributed by atoms with Crippen LogP contribution >= 0.6 is 0 Å². The van der Waals surface area contributed by atoms with Crippen LogP contribution in [0, 0.1) is 45.0 Å². The van der Waals surface area contributed by atoms with Gasteiger partial charge in [0.25, 0.3) is 0 Å². The predicted octanol–water partition coefficient (Wildman–Crippen LogP) is 10.6. The molecule has 0 atom stereocenters. The molecular formula is C46H41IrN4-3. The van der Waals surface area contributed by atoms with E-state index in [4.69, 9.17) is 0 Å². The Morgan fingerprint density at radius 1 is 0.667 bits per heavy atom. The Morgan fingerprint density at radius 3 is 2.04 bits per heavy atom. The number of hydrogen-bond donors (Lipinski definition) is 0. The Bertz CT molecular complexity index is 2300. The number of benzene rings is 4. The smallest absolute Gasteiger partial charge is 0.115 e. The van der Waals surface area contributed by atoms with Gasteiger partial charge in [-0.3, -0.25) is 0 Å². The number of nitrogens with zero attached hydrogens (tertiary/aromatic N) is 4. The summed E-state index contributed by atoms with van der Waals surface area (Å²) in [7, 11) is 3.99. The van der Waals surface area contributed by atoms with Crippen LogP contribution in [0.3, 0.4) is 0 Å². The first kappa shape index (κ1) is 36.9. The number of hydrogen-bond acceptors (Lipinski definition) is 2. The van der Waals surface area contributed by atoms with E-state index in [1.54, 1.807) is 0 Å². The summed E-state index contributed by atoms with van der Waals surface area (Å²) in [6.45, 7) is 9.54. The molecule has 8 rings (SSSR count). The van der Waals surface area contributed by atoms with E-state index < -0.39 is 0 Å². The van der Waals surface area contributed by atoms with E-state index in [0.717, 1.165) is 51.7 Å². The van der Waals surface area contributed by atoms with Crippen molar-refractivity contribution >= 4 is 21.8 Å². The zero-order valence-electron chi connectivity index (χ0n) is 29.5. The Morgan fingerprint density at radius 2 is 1.35 bits per heavy atom. The summed E-state index contributed by atoms with van der Waals surface area (Å²) < 4.78 is 4.35. The third kappa shape index (κ3) is 8.88. The molecule has 0 spiro atoms. The minimum absolute atomic E-state index is 0. The predicted molar refractivity (Wildman–Crippen MR) is 206 cm³/mol. The second kappa shape index (κ2) is 17.5. The molecule has 4 nitrogen and oxygen atoms in total. The molecule has 5 heteroatoms. The van der Waals surface area contributed by atoms with Gasteiger partial charge in [0.1, 0.15) is 5.69 Å². The Labute approximate surface area is 315 Å². The van der Waals surface area contributed by atoms with Crippen LogP contribution in [0.25, 0.3) is 55.6 Å². The van der Waals surface area contributed by atoms with Crippen LogP contribution in [-0.2, 0) is 26.7 Å². The van der Waals surface area contributed by atoms with Crippen molar-refractivity contribution in [2.24, 2.45) is 5.92 Å². The second-order valence-electron chi connectivity index (χ2n) is 12.5. The fourth-order valence-electron chi connectivity index (χ4n) is 5.99. The quantitative estimate of drug-likeness (QED) is 0.128. The molecule has 0 aliphatic carbocycles. The van der Waals surface area contributed by atoms with Gasteiger partial charge in [-0.15, -0.1) is 90.0 Å². The molecule has 0 unspecified atom stereocenters. The number of rotatable bonds is 5. The third-order valence-electron chi connectivity index (χ3n) is 8.36. The van der Waals surface area contributed by atoms with Gasteiger partial charge < -0.3 is 19.1 Å². The average molecular weight is 842 g/mol. The van der Waals surface area contributed by atoms with Gasteiger partial charge in [0, 0.05) is 51.1 Å². The normalized spacial score (nSPS) is 10.5. The van der Waals surface area contributed by atoms with E-state index >= 15 is 0 Å². The summed E-state index contributed by atoms with van der Waals surface area (Å²) in [5.41, 5.74) is 11.0. The standard InChI is InChI=1S/C21H19N2.C13H12N.C12H10N.Ir/c1-15(2)14-23-20-12-4-3-8-16(20)17-9-7-10-18(21(17)23)19-11-5-6-13-22-19;1-11-7-6-10-13(14(11)2)12-8-4-3-5-9-12;1-10-6-5-9-12(13-10)11-7-3-2-4-8-11;/h3-9,11-13,15H,14H2,1-2H3;3-8,10H,2H2,1H3;2-7,9H,1H3;/q3*-1;. The van der Waals surface area contributed by atoms with Crippen molar-refractivity contribution in [2.45, 2.75) is 34.2 Å². The van der Waals surface area contributed by atoms with Crippen LogP contribution in [-0.4, -0.2) is 14.5 Å². The SMILES string of the molecule is CC(C)Cn1c2ccccc2c2cc[c-]c(-c3ccccn3)c21.Cc1cccc(-c2[c-]cccc2)n1.[CH2-][n+]1c(C)cccc1-c1[c-]cccc1.[Ir]. The van der Waals surface area contributed by atoms with Crippen LogP contribution in [0.1, 0.15) is 25.2 Å². The fourth-order valence-corrected chi connectivity index (χ4v) is 5.99. The Kier molecular flexibility index (Phi) is 12.7. The molecule has 8 aromatic rings. The van der Waals surface area contributed by atoms with Crippen LogP contribution in [0.15, 0.2) is 146 Å². The summed E-state index contributed by atoms with van der Waals surface area (Å²) in [6.07, 6.45) is 1.84. The van der Waals surface area contributed by atoms with Crippen LogP contribution in [0.4, 0.5) is 0 Å². The maximum atomic E-state index is 4.54. The zero-order chi connectivity index (χ0) is 34.9. The van der Waals surface area contributed by atoms with Gasteiger partial charge in [0.15, 0.2) is 0 Å². The van der Waals surface area contributed by atoms with Gasteiger partial charge in [0.2, 0.25) is 0 Å². The molecule has 4 aromatic carbocycles. The van der Waals surface area contributed by atoms with Crippen LogP contribution in [0.5, 0.6) is 0 Å². The summed E-state index contributed by atoms with van der Waals surface area (Å²) in [5, 5.41) is 2.58. The Hall–Kier alpha value is -5.35. The van der Waals surface area contributed by atoms with Crippen LogP contribution < -0.4 is 4.57 Å². The van der Waals surface area contributed by atoms with E-state index in [2.05, 4.69) is 90.0 Å². The van der Waals surface area contributed by atoms with E-state index in [9.17, 15) is 0 Å². The van der Waals surface area contributed by atoms with Crippen LogP contribution in [0.2, 0.25) is 0 Å². The molecule has 0 saturated carbocycles. The molecule has 0 fully saturated rings. The van der Waals surface area contributed by atoms with Crippen molar-refractivity contribution in [1.82, 2.24) is 14.5 Å². The van der Waals surface area contributed by atoms with Crippen molar-refractivity contribution in [2.75, 3.05) is 0 Å². The first-order chi connectivity index (χ1) is 24.4. The summed E-state index contributed by atoms with van der Waals surface area (Å²) in [5.74, 6) is 0.575. The maximum absolute atomic E-state index is 4.54. The first-order valence-corrected chi connectivity index (χ1v) is 16.9. The molecule has 0 aliphatic rings. The van der Waals surface area contributed by atoms with E-state index in [1.807, 2.05) is 128 Å². The van der Waals surface area contributed by atoms with Gasteiger partial charge >= 0.3 is 0 Å². The number of para-hydroxylation sites is 1. The van der Waals surface area contributed by atoms with E-state index in [1.165, 1.54) is 21.8 Å². The molecular weight excluding hydrogens is 801 g/mol. The van der Waals surface area contributed by atoms with Gasteiger partial charge in [-0.2, -0.15) is 0 Å². The minimum Gasteiger partial charge on any atom is -0.380 e. The molecule has 4 aromatic heterocycles. The van der Waals surface area contributed by atoms with Crippen molar-refractivity contribution in [3.05, 3.63) is 182 Å². The molecule has 0 N–H and O–H groups in total. The van der Waals surface area contributed by atoms with Gasteiger partial charge in [0.05, 0.1) is 5.69 Å². The molecule has 0 bridgehead atoms. The fraction of sp³-hybridized carbons (Fsp3) is 0.130. The van der Waals surface area contributed by atoms with Gasteiger partial charge in [-0.25, -0.2) is 0 Å². The molecule has 0 saturated heterocycles. The van der Waals surface area contributed by atoms with Gasteiger partial charge in [-0.05, 0) is 66.3 Å². The maximum Gasteiger partial charge on any atom is 0.115 e. The molecule has 1 radical (unpaired) electrons. The summed E-state index contributed by atoms with van der Waals surface area (Å²) in [6, 6.07) is 56.5. The number of fused-ring (bicyclic) bond motifs is 3. The largest absolute Gasteiger partial charge is 0.380 e. The zero-order valence-corrected chi connectivity index (χ0v) is 31.9. The number of aromatic nitrogens is 4. The Balaban J connectivity index is 0.000000156. The molecule has 0 amide bonds. The monoisotopic (exact) mass is 842 g/mol. The summed E-state index contributed by atoms with van der Waals surface area (Å²) >= 11 is 0. The molecule has 51 heavy (non-hydrogen) atoms. The average Bonchev–Trinajstić information content (AvgIpc) is 3.47. The van der Waals surface area contributed by atoms with Gasteiger partial charge in [-0.1, -0.05) is 79.4 Å². The van der Waals surface area contributed by atoms with Crippen molar-refractivity contribution in [3.63, 3.8) is 0 Å². The minimum atomic E-state index is 0. The molecule has 4 heterocycles. The first-order valence-electron chi connectivity index (χ1n) is 16.9. The number of pyridine rings is 3. The molecule has 0 aliphatic heterocycles. The molecule has 257 valence electrons. The van der Waals surface area contributed by atoms with Crippen molar-refractivity contribution in [3.8, 4) is 33.8 Å².